The Morgan fingerprint density at radius 2 is 1.86 bits per heavy atom. The van der Waals surface area contributed by atoms with Gasteiger partial charge in [-0.2, -0.15) is 0 Å². The van der Waals surface area contributed by atoms with Crippen LogP contribution in [-0.2, 0) is 0 Å². The van der Waals surface area contributed by atoms with Crippen LogP contribution in [0.15, 0.2) is 0 Å². The van der Waals surface area contributed by atoms with Crippen molar-refractivity contribution in [2.45, 2.75) is 44.7 Å². The highest BCUT2D eigenvalue weighted by Crippen LogP contribution is 2.26. The van der Waals surface area contributed by atoms with Crippen molar-refractivity contribution in [2.24, 2.45) is 11.7 Å². The molecule has 0 aromatic rings. The molecule has 1 atom stereocenters. The Hall–Kier alpha value is -0.120. The lowest BCUT2D eigenvalue weighted by atomic mass is 10.0. The van der Waals surface area contributed by atoms with Gasteiger partial charge < -0.3 is 16.4 Å². The van der Waals surface area contributed by atoms with Crippen molar-refractivity contribution in [1.29, 1.82) is 0 Å². The van der Waals surface area contributed by atoms with Crippen LogP contribution >= 0.6 is 0 Å². The third-order valence-corrected chi connectivity index (χ3v) is 3.33. The number of rotatable bonds is 2. The van der Waals surface area contributed by atoms with Crippen molar-refractivity contribution in [2.75, 3.05) is 20.1 Å². The van der Waals surface area contributed by atoms with Crippen LogP contribution in [0.5, 0.6) is 0 Å². The molecule has 0 aromatic carbocycles. The minimum Gasteiger partial charge on any atom is -0.328 e. The Morgan fingerprint density at radius 3 is 2.00 bits per heavy atom. The smallest absolute Gasteiger partial charge is 0.0314 e. The first-order valence-corrected chi connectivity index (χ1v) is 5.87. The molecule has 0 amide bonds. The Kier molecular flexibility index (Phi) is 5.45. The summed E-state index contributed by atoms with van der Waals surface area (Å²) in [6, 6.07) is 1.20. The van der Waals surface area contributed by atoms with E-state index in [9.17, 15) is 0 Å². The zero-order valence-corrected chi connectivity index (χ0v) is 9.55. The zero-order chi connectivity index (χ0) is 10.4. The van der Waals surface area contributed by atoms with Crippen LogP contribution in [0.2, 0.25) is 0 Å². The Morgan fingerprint density at radius 1 is 1.29 bits per heavy atom. The monoisotopic (exact) mass is 199 g/mol. The van der Waals surface area contributed by atoms with Crippen molar-refractivity contribution in [3.63, 3.8) is 0 Å². The van der Waals surface area contributed by atoms with E-state index in [2.05, 4.69) is 17.6 Å². The van der Waals surface area contributed by atoms with Gasteiger partial charge in [-0.25, -0.2) is 0 Å². The van der Waals surface area contributed by atoms with Gasteiger partial charge in [-0.05, 0) is 32.7 Å². The van der Waals surface area contributed by atoms with Crippen LogP contribution in [0.1, 0.15) is 32.6 Å². The summed E-state index contributed by atoms with van der Waals surface area (Å²) in [5.41, 5.74) is 5.70. The standard InChI is InChI=1S/C7H15N.C4H10N2/c1-6(8)7-4-2-3-5-7;1-5-4-2-6-3-4/h6-7H,2-5,8H2,1H3;4-6H,2-3H2,1H3. The van der Waals surface area contributed by atoms with Crippen LogP contribution in [0, 0.1) is 5.92 Å². The molecule has 1 unspecified atom stereocenters. The first kappa shape index (κ1) is 12.0. The van der Waals surface area contributed by atoms with Gasteiger partial charge in [-0.3, -0.25) is 0 Å². The van der Waals surface area contributed by atoms with Crippen LogP contribution in [0.25, 0.3) is 0 Å². The number of hydrogen-bond acceptors (Lipinski definition) is 3. The van der Waals surface area contributed by atoms with Crippen molar-refractivity contribution in [3.8, 4) is 0 Å². The number of likely N-dealkylation sites (N-methyl/N-ethyl adjacent to an activating group) is 1. The molecule has 2 fully saturated rings. The highest BCUT2D eigenvalue weighted by Gasteiger charge is 2.17. The molecule has 0 radical (unpaired) electrons. The van der Waals surface area contributed by atoms with Gasteiger partial charge in [0.05, 0.1) is 0 Å². The molecule has 2 rings (SSSR count). The van der Waals surface area contributed by atoms with Crippen molar-refractivity contribution in [1.82, 2.24) is 10.6 Å². The highest BCUT2D eigenvalue weighted by molar-refractivity contribution is 4.79. The fourth-order valence-electron chi connectivity index (χ4n) is 1.98. The van der Waals surface area contributed by atoms with E-state index in [1.165, 1.54) is 25.7 Å². The van der Waals surface area contributed by atoms with Crippen molar-refractivity contribution in [3.05, 3.63) is 0 Å². The molecule has 14 heavy (non-hydrogen) atoms. The van der Waals surface area contributed by atoms with Gasteiger partial charge in [0.15, 0.2) is 0 Å². The van der Waals surface area contributed by atoms with E-state index in [1.807, 2.05) is 7.05 Å². The number of hydrogen-bond donors (Lipinski definition) is 3. The first-order chi connectivity index (χ1) is 6.74. The number of nitrogens with two attached hydrogens (primary N) is 1. The largest absolute Gasteiger partial charge is 0.328 e. The summed E-state index contributed by atoms with van der Waals surface area (Å²) in [5, 5.41) is 6.29. The quantitative estimate of drug-likeness (QED) is 0.613. The molecule has 4 N–H and O–H groups in total. The summed E-state index contributed by atoms with van der Waals surface area (Å²) in [6.45, 7) is 4.42. The third kappa shape index (κ3) is 3.95. The summed E-state index contributed by atoms with van der Waals surface area (Å²) >= 11 is 0. The van der Waals surface area contributed by atoms with Gasteiger partial charge in [0, 0.05) is 25.2 Å². The minimum absolute atomic E-state index is 0.442. The molecular formula is C11H25N3. The van der Waals surface area contributed by atoms with Crippen molar-refractivity contribution >= 4 is 0 Å². The van der Waals surface area contributed by atoms with Gasteiger partial charge >= 0.3 is 0 Å². The maximum Gasteiger partial charge on any atom is 0.0314 e. The second-order valence-corrected chi connectivity index (χ2v) is 4.55. The van der Waals surface area contributed by atoms with E-state index >= 15 is 0 Å². The first-order valence-electron chi connectivity index (χ1n) is 5.87. The average Bonchev–Trinajstić information content (AvgIpc) is 2.54. The molecule has 1 aliphatic carbocycles. The molecule has 1 saturated heterocycles. The van der Waals surface area contributed by atoms with E-state index in [4.69, 9.17) is 5.73 Å². The molecule has 0 spiro atoms. The summed E-state index contributed by atoms with van der Waals surface area (Å²) in [4.78, 5) is 0. The molecule has 84 valence electrons. The lowest BCUT2D eigenvalue weighted by molar-refractivity contribution is 0.390. The Balaban J connectivity index is 0.000000146. The fourth-order valence-corrected chi connectivity index (χ4v) is 1.98. The van der Waals surface area contributed by atoms with E-state index in [1.54, 1.807) is 0 Å². The topological polar surface area (TPSA) is 50.1 Å². The molecule has 1 heterocycles. The fraction of sp³-hybridized carbons (Fsp3) is 1.00. The minimum atomic E-state index is 0.442. The second kappa shape index (κ2) is 6.38. The molecule has 2 aliphatic rings. The summed E-state index contributed by atoms with van der Waals surface area (Å²) in [6.07, 6.45) is 5.56. The Bertz CT molecular complexity index is 135. The predicted octanol–water partition coefficient (Wildman–Crippen LogP) is 0.701. The molecule has 0 aromatic heterocycles. The maximum atomic E-state index is 5.70. The third-order valence-electron chi connectivity index (χ3n) is 3.33. The SMILES string of the molecule is CC(N)C1CCCC1.CNC1CNC1. The summed E-state index contributed by atoms with van der Waals surface area (Å²) < 4.78 is 0. The molecule has 0 bridgehead atoms. The van der Waals surface area contributed by atoms with E-state index in [0.717, 1.165) is 25.0 Å². The molecule has 3 heteroatoms. The van der Waals surface area contributed by atoms with E-state index in [0.29, 0.717) is 6.04 Å². The van der Waals surface area contributed by atoms with Crippen LogP contribution < -0.4 is 16.4 Å². The van der Waals surface area contributed by atoms with Gasteiger partial charge in [0.1, 0.15) is 0 Å². The van der Waals surface area contributed by atoms with Gasteiger partial charge in [0.2, 0.25) is 0 Å². The predicted molar refractivity (Wildman–Crippen MR) is 61.3 cm³/mol. The lowest BCUT2D eigenvalue weighted by Crippen LogP contribution is -2.54. The lowest BCUT2D eigenvalue weighted by Gasteiger charge is -2.25. The van der Waals surface area contributed by atoms with Gasteiger partial charge in [-0.15, -0.1) is 0 Å². The van der Waals surface area contributed by atoms with Gasteiger partial charge in [0.25, 0.3) is 0 Å². The van der Waals surface area contributed by atoms with Crippen LogP contribution in [0.3, 0.4) is 0 Å². The maximum absolute atomic E-state index is 5.70. The molecular weight excluding hydrogens is 174 g/mol. The van der Waals surface area contributed by atoms with E-state index < -0.39 is 0 Å². The summed E-state index contributed by atoms with van der Waals surface area (Å²) in [5.74, 6) is 0.843. The van der Waals surface area contributed by atoms with Crippen LogP contribution in [0.4, 0.5) is 0 Å². The second-order valence-electron chi connectivity index (χ2n) is 4.55. The number of nitrogens with one attached hydrogen (secondary N) is 2. The molecule has 1 aliphatic heterocycles. The average molecular weight is 199 g/mol. The highest BCUT2D eigenvalue weighted by atomic mass is 15.1. The Labute approximate surface area is 87.8 Å². The van der Waals surface area contributed by atoms with E-state index in [-0.39, 0.29) is 0 Å². The van der Waals surface area contributed by atoms with Crippen molar-refractivity contribution < 1.29 is 0 Å². The summed E-state index contributed by atoms with van der Waals surface area (Å²) in [7, 11) is 1.99. The van der Waals surface area contributed by atoms with Crippen LogP contribution in [-0.4, -0.2) is 32.2 Å². The normalized spacial score (nSPS) is 25.1. The molecule has 3 nitrogen and oxygen atoms in total. The van der Waals surface area contributed by atoms with Gasteiger partial charge in [-0.1, -0.05) is 12.8 Å². The molecule has 1 saturated carbocycles. The zero-order valence-electron chi connectivity index (χ0n) is 9.55.